The molecule has 1 N–H and O–H groups in total. The molecule has 0 aliphatic carbocycles. The molecule has 0 radical (unpaired) electrons. The number of halogens is 2. The van der Waals surface area contributed by atoms with Crippen LogP contribution in [-0.2, 0) is 13.1 Å². The van der Waals surface area contributed by atoms with Gasteiger partial charge >= 0.3 is 0 Å². The van der Waals surface area contributed by atoms with Crippen LogP contribution < -0.4 is 5.32 Å². The third kappa shape index (κ3) is 3.78. The van der Waals surface area contributed by atoms with E-state index < -0.39 is 0 Å². The van der Waals surface area contributed by atoms with E-state index in [0.717, 1.165) is 25.2 Å². The Hall–Kier alpha value is -1.39. The van der Waals surface area contributed by atoms with E-state index in [-0.39, 0.29) is 10.8 Å². The van der Waals surface area contributed by atoms with Gasteiger partial charge in [0, 0.05) is 18.3 Å². The van der Waals surface area contributed by atoms with Crippen LogP contribution in [0, 0.1) is 5.82 Å². The van der Waals surface area contributed by atoms with Gasteiger partial charge in [-0.3, -0.25) is 4.68 Å². The molecular weight excluding hydrogens is 265 g/mol. The Morgan fingerprint density at radius 3 is 3.00 bits per heavy atom. The first kappa shape index (κ1) is 14.0. The van der Waals surface area contributed by atoms with Gasteiger partial charge in [0.05, 0.1) is 17.3 Å². The average Bonchev–Trinajstić information content (AvgIpc) is 2.83. The molecule has 1 aromatic carbocycles. The van der Waals surface area contributed by atoms with Gasteiger partial charge in [0.2, 0.25) is 0 Å². The minimum atomic E-state index is -0.370. The van der Waals surface area contributed by atoms with Crippen molar-refractivity contribution in [2.24, 2.45) is 0 Å². The van der Waals surface area contributed by atoms with Crippen LogP contribution >= 0.6 is 11.6 Å². The Kier molecular flexibility index (Phi) is 4.93. The average molecular weight is 282 g/mol. The monoisotopic (exact) mass is 281 g/mol. The van der Waals surface area contributed by atoms with Gasteiger partial charge in [-0.05, 0) is 25.1 Å². The van der Waals surface area contributed by atoms with E-state index in [9.17, 15) is 4.39 Å². The zero-order valence-corrected chi connectivity index (χ0v) is 11.6. The van der Waals surface area contributed by atoms with Gasteiger partial charge in [-0.25, -0.2) is 4.39 Å². The van der Waals surface area contributed by atoms with Crippen LogP contribution in [0.25, 0.3) is 0 Å². The highest BCUT2D eigenvalue weighted by molar-refractivity contribution is 6.30. The maximum atomic E-state index is 13.8. The van der Waals surface area contributed by atoms with Gasteiger partial charge in [-0.1, -0.05) is 30.7 Å². The summed E-state index contributed by atoms with van der Waals surface area (Å²) in [6.45, 7) is 4.21. The van der Waals surface area contributed by atoms with Gasteiger partial charge in [-0.15, -0.1) is 0 Å². The van der Waals surface area contributed by atoms with E-state index >= 15 is 0 Å². The normalized spacial score (nSPS) is 10.9. The van der Waals surface area contributed by atoms with Crippen LogP contribution in [0.1, 0.15) is 24.6 Å². The van der Waals surface area contributed by atoms with Crippen molar-refractivity contribution < 1.29 is 4.39 Å². The topological polar surface area (TPSA) is 29.9 Å². The zero-order chi connectivity index (χ0) is 13.7. The number of hydrogen-bond donors (Lipinski definition) is 1. The van der Waals surface area contributed by atoms with Crippen molar-refractivity contribution in [1.29, 1.82) is 0 Å². The van der Waals surface area contributed by atoms with Crippen LogP contribution in [-0.4, -0.2) is 16.3 Å². The predicted octanol–water partition coefficient (Wildman–Crippen LogP) is 3.22. The molecule has 0 bridgehead atoms. The van der Waals surface area contributed by atoms with E-state index in [1.165, 1.54) is 0 Å². The van der Waals surface area contributed by atoms with Gasteiger partial charge in [-0.2, -0.15) is 5.10 Å². The number of aromatic nitrogens is 2. The molecule has 0 fully saturated rings. The Balaban J connectivity index is 2.01. The molecule has 0 atom stereocenters. The highest BCUT2D eigenvalue weighted by atomic mass is 35.5. The molecule has 2 rings (SSSR count). The fraction of sp³-hybridized carbons (Fsp3) is 0.357. The molecule has 102 valence electrons. The molecule has 1 heterocycles. The van der Waals surface area contributed by atoms with E-state index in [4.69, 9.17) is 11.6 Å². The van der Waals surface area contributed by atoms with Crippen LogP contribution in [0.15, 0.2) is 30.5 Å². The summed E-state index contributed by atoms with van der Waals surface area (Å²) in [5.41, 5.74) is 1.50. The molecule has 19 heavy (non-hydrogen) atoms. The molecular formula is C14H17ClFN3. The summed E-state index contributed by atoms with van der Waals surface area (Å²) < 4.78 is 15.5. The van der Waals surface area contributed by atoms with Crippen molar-refractivity contribution in [2.45, 2.75) is 26.4 Å². The van der Waals surface area contributed by atoms with E-state index in [1.54, 1.807) is 22.9 Å². The summed E-state index contributed by atoms with van der Waals surface area (Å²) in [5.74, 6) is -0.370. The molecule has 0 aliphatic heterocycles. The van der Waals surface area contributed by atoms with Crippen molar-refractivity contribution in [1.82, 2.24) is 15.1 Å². The quantitative estimate of drug-likeness (QED) is 0.824. The molecule has 0 spiro atoms. The fourth-order valence-corrected chi connectivity index (χ4v) is 2.02. The lowest BCUT2D eigenvalue weighted by atomic mass is 10.2. The Labute approximate surface area is 117 Å². The van der Waals surface area contributed by atoms with Crippen LogP contribution in [0.4, 0.5) is 4.39 Å². The molecule has 0 aliphatic rings. The lowest BCUT2D eigenvalue weighted by molar-refractivity contribution is 0.578. The zero-order valence-electron chi connectivity index (χ0n) is 10.9. The summed E-state index contributed by atoms with van der Waals surface area (Å²) in [4.78, 5) is 0. The summed E-state index contributed by atoms with van der Waals surface area (Å²) in [6, 6.07) is 6.94. The number of benzene rings is 1. The lowest BCUT2D eigenvalue weighted by Crippen LogP contribution is -2.14. The summed E-state index contributed by atoms with van der Waals surface area (Å²) in [6.07, 6.45) is 2.94. The van der Waals surface area contributed by atoms with Crippen molar-refractivity contribution in [2.75, 3.05) is 6.54 Å². The minimum absolute atomic E-state index is 0.148. The third-order valence-electron chi connectivity index (χ3n) is 2.79. The third-order valence-corrected chi connectivity index (χ3v) is 3.08. The largest absolute Gasteiger partial charge is 0.311 e. The van der Waals surface area contributed by atoms with Crippen molar-refractivity contribution in [3.63, 3.8) is 0 Å². The van der Waals surface area contributed by atoms with Crippen molar-refractivity contribution in [3.8, 4) is 0 Å². The summed E-state index contributed by atoms with van der Waals surface area (Å²) in [7, 11) is 0. The van der Waals surface area contributed by atoms with E-state index in [1.807, 2.05) is 12.3 Å². The standard InChI is InChI=1S/C14H17ClFN3/c1-2-7-17-9-12-6-8-19(18-12)10-11-4-3-5-13(15)14(11)16/h3-6,8,17H,2,7,9-10H2,1H3. The van der Waals surface area contributed by atoms with Crippen LogP contribution in [0.2, 0.25) is 5.02 Å². The maximum Gasteiger partial charge on any atom is 0.146 e. The van der Waals surface area contributed by atoms with Crippen LogP contribution in [0.3, 0.4) is 0 Å². The van der Waals surface area contributed by atoms with Gasteiger partial charge in [0.25, 0.3) is 0 Å². The highest BCUT2D eigenvalue weighted by Crippen LogP contribution is 2.18. The fourth-order valence-electron chi connectivity index (χ4n) is 1.82. The number of rotatable bonds is 6. The minimum Gasteiger partial charge on any atom is -0.311 e. The van der Waals surface area contributed by atoms with Gasteiger partial charge in [0.1, 0.15) is 5.82 Å². The first-order chi connectivity index (χ1) is 9.20. The van der Waals surface area contributed by atoms with E-state index in [2.05, 4.69) is 17.3 Å². The second-order valence-electron chi connectivity index (χ2n) is 4.39. The Bertz CT molecular complexity index is 539. The Morgan fingerprint density at radius 2 is 2.21 bits per heavy atom. The predicted molar refractivity (Wildman–Crippen MR) is 74.7 cm³/mol. The van der Waals surface area contributed by atoms with Crippen molar-refractivity contribution in [3.05, 3.63) is 52.6 Å². The molecule has 1 aromatic heterocycles. The summed E-state index contributed by atoms with van der Waals surface area (Å²) in [5, 5.41) is 7.82. The molecule has 5 heteroatoms. The molecule has 0 amide bonds. The highest BCUT2D eigenvalue weighted by Gasteiger charge is 2.07. The molecule has 3 nitrogen and oxygen atoms in total. The first-order valence-corrected chi connectivity index (χ1v) is 6.74. The second kappa shape index (κ2) is 6.68. The van der Waals surface area contributed by atoms with Crippen LogP contribution in [0.5, 0.6) is 0 Å². The molecule has 0 unspecified atom stereocenters. The number of nitrogens with zero attached hydrogens (tertiary/aromatic N) is 2. The maximum absolute atomic E-state index is 13.8. The second-order valence-corrected chi connectivity index (χ2v) is 4.80. The first-order valence-electron chi connectivity index (χ1n) is 6.36. The smallest absolute Gasteiger partial charge is 0.146 e. The lowest BCUT2D eigenvalue weighted by Gasteiger charge is -2.05. The SMILES string of the molecule is CCCNCc1ccn(Cc2cccc(Cl)c2F)n1. The molecule has 0 saturated carbocycles. The Morgan fingerprint density at radius 1 is 1.37 bits per heavy atom. The summed E-state index contributed by atoms with van der Waals surface area (Å²) >= 11 is 5.76. The van der Waals surface area contributed by atoms with Gasteiger partial charge < -0.3 is 5.32 Å². The number of nitrogens with one attached hydrogen (secondary N) is 1. The number of hydrogen-bond acceptors (Lipinski definition) is 2. The van der Waals surface area contributed by atoms with Gasteiger partial charge in [0.15, 0.2) is 0 Å². The molecule has 0 saturated heterocycles. The molecule has 2 aromatic rings. The van der Waals surface area contributed by atoms with E-state index in [0.29, 0.717) is 12.1 Å². The van der Waals surface area contributed by atoms with Crippen molar-refractivity contribution >= 4 is 11.6 Å².